The second-order valence-electron chi connectivity index (χ2n) is 4.16. The zero-order valence-electron chi connectivity index (χ0n) is 11.4. The molecule has 0 atom stereocenters. The molecule has 4 heteroatoms. The number of carbonyl (C=O) groups excluding carboxylic acids is 1. The van der Waals surface area contributed by atoms with E-state index in [0.29, 0.717) is 11.4 Å². The molecule has 0 saturated carbocycles. The van der Waals surface area contributed by atoms with Crippen molar-refractivity contribution in [2.24, 2.45) is 0 Å². The minimum Gasteiger partial charge on any atom is -0.497 e. The van der Waals surface area contributed by atoms with Crippen LogP contribution in [0.1, 0.15) is 16.1 Å². The van der Waals surface area contributed by atoms with Crippen molar-refractivity contribution in [2.45, 2.75) is 0 Å². The summed E-state index contributed by atoms with van der Waals surface area (Å²) in [5, 5.41) is 2.91. The highest BCUT2D eigenvalue weighted by Crippen LogP contribution is 2.28. The number of rotatable bonds is 5. The molecule has 3 nitrogen and oxygen atoms in total. The number of pyridine rings is 1. The fraction of sp³-hybridized carbons (Fsp3) is 0.125. The molecule has 0 saturated heterocycles. The number of methoxy groups -OCH3 is 1. The molecule has 1 heterocycles. The molecule has 2 aromatic rings. The maximum absolute atomic E-state index is 11.0. The first kappa shape index (κ1) is 14.3. The first-order valence-corrected chi connectivity index (χ1v) is 7.31. The number of carbonyl (C=O) groups is 1. The van der Waals surface area contributed by atoms with E-state index >= 15 is 0 Å². The van der Waals surface area contributed by atoms with Crippen LogP contribution < -0.4 is 4.74 Å². The summed E-state index contributed by atoms with van der Waals surface area (Å²) in [5.41, 5.74) is 2.87. The zero-order valence-corrected chi connectivity index (χ0v) is 12.2. The van der Waals surface area contributed by atoms with Gasteiger partial charge in [0.15, 0.2) is 6.29 Å². The lowest BCUT2D eigenvalue weighted by atomic mass is 10.0. The molecule has 20 heavy (non-hydrogen) atoms. The van der Waals surface area contributed by atoms with Gasteiger partial charge in [-0.25, -0.2) is 4.98 Å². The lowest BCUT2D eigenvalue weighted by Gasteiger charge is -2.09. The molecule has 0 bridgehead atoms. The molecule has 0 radical (unpaired) electrons. The van der Waals surface area contributed by atoms with Crippen molar-refractivity contribution in [1.82, 2.24) is 4.98 Å². The number of benzene rings is 1. The third-order valence-electron chi connectivity index (χ3n) is 2.91. The quantitative estimate of drug-likeness (QED) is 0.616. The summed E-state index contributed by atoms with van der Waals surface area (Å²) in [7, 11) is 1.60. The predicted octanol–water partition coefficient (Wildman–Crippen LogP) is 3.95. The Morgan fingerprint density at radius 2 is 2.20 bits per heavy atom. The predicted molar refractivity (Wildman–Crippen MR) is 85.4 cm³/mol. The maximum Gasteiger partial charge on any atom is 0.168 e. The summed E-state index contributed by atoms with van der Waals surface area (Å²) in [6.07, 6.45) is 4.66. The number of hydrogen-bond acceptors (Lipinski definition) is 4. The highest BCUT2D eigenvalue weighted by Gasteiger charge is 2.08. The van der Waals surface area contributed by atoms with E-state index in [1.54, 1.807) is 24.9 Å². The lowest BCUT2D eigenvalue weighted by Crippen LogP contribution is -1.94. The zero-order chi connectivity index (χ0) is 14.5. The van der Waals surface area contributed by atoms with Crippen molar-refractivity contribution in [2.75, 3.05) is 13.4 Å². The minimum atomic E-state index is 0.388. The van der Waals surface area contributed by atoms with Crippen LogP contribution in [0.25, 0.3) is 16.5 Å². The number of thioether (sulfide) groups is 1. The molecule has 0 spiro atoms. The van der Waals surface area contributed by atoms with Crippen LogP contribution in [0.15, 0.2) is 42.3 Å². The van der Waals surface area contributed by atoms with Crippen LogP contribution in [0.2, 0.25) is 0 Å². The van der Waals surface area contributed by atoms with E-state index in [1.807, 2.05) is 35.9 Å². The topological polar surface area (TPSA) is 39.2 Å². The Kier molecular flexibility index (Phi) is 4.58. The molecule has 0 unspecified atom stereocenters. The molecule has 0 amide bonds. The van der Waals surface area contributed by atoms with Gasteiger partial charge in [0, 0.05) is 11.5 Å². The first-order chi connectivity index (χ1) is 9.69. The Morgan fingerprint density at radius 3 is 2.85 bits per heavy atom. The number of hydrogen-bond donors (Lipinski definition) is 0. The number of aromatic nitrogens is 1. The van der Waals surface area contributed by atoms with Gasteiger partial charge in [0.1, 0.15) is 11.4 Å². The summed E-state index contributed by atoms with van der Waals surface area (Å²) >= 11 is 1.60. The van der Waals surface area contributed by atoms with Crippen LogP contribution in [-0.4, -0.2) is 24.6 Å². The van der Waals surface area contributed by atoms with E-state index in [9.17, 15) is 4.79 Å². The van der Waals surface area contributed by atoms with Crippen LogP contribution in [0, 0.1) is 0 Å². The molecule has 0 aliphatic heterocycles. The minimum absolute atomic E-state index is 0.388. The number of fused-ring (bicyclic) bond motifs is 1. The van der Waals surface area contributed by atoms with E-state index in [0.717, 1.165) is 28.3 Å². The van der Waals surface area contributed by atoms with Gasteiger partial charge in [0.2, 0.25) is 0 Å². The Morgan fingerprint density at radius 1 is 1.40 bits per heavy atom. The molecule has 0 N–H and O–H groups in total. The number of allylic oxidation sites excluding steroid dienone is 2. The van der Waals surface area contributed by atoms with Gasteiger partial charge in [0.25, 0.3) is 0 Å². The average Bonchev–Trinajstić information content (AvgIpc) is 2.50. The second kappa shape index (κ2) is 6.39. The number of ether oxygens (including phenoxy) is 1. The van der Waals surface area contributed by atoms with E-state index in [2.05, 4.69) is 11.6 Å². The highest BCUT2D eigenvalue weighted by molar-refractivity contribution is 8.01. The van der Waals surface area contributed by atoms with Gasteiger partial charge in [-0.3, -0.25) is 4.79 Å². The van der Waals surface area contributed by atoms with Crippen molar-refractivity contribution < 1.29 is 9.53 Å². The monoisotopic (exact) mass is 285 g/mol. The van der Waals surface area contributed by atoms with Gasteiger partial charge >= 0.3 is 0 Å². The molecule has 0 fully saturated rings. The van der Waals surface area contributed by atoms with Gasteiger partial charge in [-0.1, -0.05) is 6.58 Å². The third-order valence-corrected chi connectivity index (χ3v) is 3.32. The van der Waals surface area contributed by atoms with Gasteiger partial charge in [-0.2, -0.15) is 0 Å². The average molecular weight is 285 g/mol. The largest absolute Gasteiger partial charge is 0.497 e. The maximum atomic E-state index is 11.0. The summed E-state index contributed by atoms with van der Waals surface area (Å²) in [6, 6.07) is 7.38. The molecule has 0 aliphatic rings. The highest BCUT2D eigenvalue weighted by atomic mass is 32.2. The molecule has 2 rings (SSSR count). The Hall–Kier alpha value is -2.07. The van der Waals surface area contributed by atoms with Gasteiger partial charge < -0.3 is 4.74 Å². The van der Waals surface area contributed by atoms with Gasteiger partial charge in [-0.15, -0.1) is 11.8 Å². The van der Waals surface area contributed by atoms with Gasteiger partial charge in [0.05, 0.1) is 12.6 Å². The SMILES string of the molecule is C=C(/C=C\SC)c1cc(C=O)nc2cc(OC)ccc12. The lowest BCUT2D eigenvalue weighted by molar-refractivity contribution is 0.111. The van der Waals surface area contributed by atoms with Gasteiger partial charge in [-0.05, 0) is 47.1 Å². The third kappa shape index (κ3) is 2.91. The molecular weight excluding hydrogens is 270 g/mol. The normalized spacial score (nSPS) is 10.9. The van der Waals surface area contributed by atoms with Crippen molar-refractivity contribution in [1.29, 1.82) is 0 Å². The fourth-order valence-corrected chi connectivity index (χ4v) is 2.22. The van der Waals surface area contributed by atoms with Crippen LogP contribution in [-0.2, 0) is 0 Å². The molecule has 0 aliphatic carbocycles. The van der Waals surface area contributed by atoms with Crippen LogP contribution >= 0.6 is 11.8 Å². The van der Waals surface area contributed by atoms with Crippen molar-refractivity contribution in [3.05, 3.63) is 53.6 Å². The van der Waals surface area contributed by atoms with E-state index in [-0.39, 0.29) is 0 Å². The van der Waals surface area contributed by atoms with E-state index in [1.165, 1.54) is 0 Å². The molecular formula is C16H15NO2S. The first-order valence-electron chi connectivity index (χ1n) is 6.02. The Balaban J connectivity index is 2.65. The number of nitrogens with zero attached hydrogens (tertiary/aromatic N) is 1. The van der Waals surface area contributed by atoms with Crippen LogP contribution in [0.5, 0.6) is 5.75 Å². The summed E-state index contributed by atoms with van der Waals surface area (Å²) in [4.78, 5) is 15.4. The molecule has 102 valence electrons. The Bertz CT molecular complexity index is 692. The van der Waals surface area contributed by atoms with Crippen molar-refractivity contribution in [3.8, 4) is 5.75 Å². The van der Waals surface area contributed by atoms with Crippen molar-refractivity contribution >= 4 is 34.5 Å². The second-order valence-corrected chi connectivity index (χ2v) is 4.90. The van der Waals surface area contributed by atoms with Crippen LogP contribution in [0.4, 0.5) is 0 Å². The number of aldehydes is 1. The fourth-order valence-electron chi connectivity index (χ4n) is 1.92. The summed E-state index contributed by atoms with van der Waals surface area (Å²) in [6.45, 7) is 4.06. The van der Waals surface area contributed by atoms with E-state index in [4.69, 9.17) is 4.74 Å². The van der Waals surface area contributed by atoms with Crippen molar-refractivity contribution in [3.63, 3.8) is 0 Å². The Labute approximate surface area is 122 Å². The summed E-state index contributed by atoms with van der Waals surface area (Å²) in [5.74, 6) is 0.712. The molecule has 1 aromatic heterocycles. The summed E-state index contributed by atoms with van der Waals surface area (Å²) < 4.78 is 5.19. The smallest absolute Gasteiger partial charge is 0.168 e. The van der Waals surface area contributed by atoms with Crippen LogP contribution in [0.3, 0.4) is 0 Å². The standard InChI is InChI=1S/C16H15NO2S/c1-11(6-7-20-3)15-8-12(10-18)17-16-9-13(19-2)4-5-14(15)16/h4-10H,1H2,2-3H3/b7-6-. The van der Waals surface area contributed by atoms with E-state index < -0.39 is 0 Å². The molecule has 1 aromatic carbocycles.